The van der Waals surface area contributed by atoms with Crippen LogP contribution in [0.2, 0.25) is 153 Å². The zero-order chi connectivity index (χ0) is 39.5. The van der Waals surface area contributed by atoms with Gasteiger partial charge in [-0.2, -0.15) is 12.8 Å². The molecule has 7 nitrogen and oxygen atoms in total. The third-order valence-electron chi connectivity index (χ3n) is 12.5. The summed E-state index contributed by atoms with van der Waals surface area (Å²) in [5.74, 6) is 0. The van der Waals surface area contributed by atoms with Crippen molar-refractivity contribution in [2.75, 3.05) is 26.4 Å². The summed E-state index contributed by atoms with van der Waals surface area (Å²) in [6, 6.07) is 12.6. The first-order valence-corrected chi connectivity index (χ1v) is 49.9. The number of nitrogens with zero attached hydrogens (tertiary/aromatic N) is 2. The average Bonchev–Trinajstić information content (AvgIpc) is 3.85. The third kappa shape index (κ3) is 21.8. The van der Waals surface area contributed by atoms with E-state index in [9.17, 15) is 0 Å². The summed E-state index contributed by atoms with van der Waals surface area (Å²) in [5.41, 5.74) is 0. The summed E-state index contributed by atoms with van der Waals surface area (Å²) < 4.78 is 26.7. The second-order valence-corrected chi connectivity index (χ2v) is 70.5. The first-order valence-electron chi connectivity index (χ1n) is 21.5. The van der Waals surface area contributed by atoms with Gasteiger partial charge in [-0.1, -0.05) is 12.8 Å². The molecule has 0 bridgehead atoms. The Labute approximate surface area is 377 Å². The molecule has 0 amide bonds. The van der Waals surface area contributed by atoms with Crippen molar-refractivity contribution in [2.45, 2.75) is 192 Å². The minimum absolute atomic E-state index is 0. The van der Waals surface area contributed by atoms with Crippen molar-refractivity contribution < 1.29 is 61.2 Å². The van der Waals surface area contributed by atoms with Gasteiger partial charge in [0.25, 0.3) is 32.9 Å². The second kappa shape index (κ2) is 24.7. The van der Waals surface area contributed by atoms with E-state index in [0.29, 0.717) is 0 Å². The van der Waals surface area contributed by atoms with Gasteiger partial charge < -0.3 is 23.5 Å². The molecule has 7 aliphatic heterocycles. The Hall–Kier alpha value is 3.19. The van der Waals surface area contributed by atoms with Crippen LogP contribution < -0.4 is 47.0 Å². The summed E-state index contributed by atoms with van der Waals surface area (Å²) >= 11 is -0.663. The average molecular weight is 940 g/mol. The van der Waals surface area contributed by atoms with E-state index in [1.807, 2.05) is 13.2 Å². The molecule has 7 fully saturated rings. The molecule has 18 heteroatoms. The molecule has 54 heavy (non-hydrogen) atoms. The zero-order valence-electron chi connectivity index (χ0n) is 39.9. The molecular weight excluding hydrogens is 848 g/mol. The van der Waals surface area contributed by atoms with Crippen LogP contribution >= 0.6 is 0 Å². The quantitative estimate of drug-likeness (QED) is 0.329. The Morgan fingerprint density at radius 2 is 0.685 bits per heavy atom. The molecular formula is C36H92GeLi2N4O3Si8+2. The number of hydrogen-bond donors (Lipinski definition) is 2. The summed E-state index contributed by atoms with van der Waals surface area (Å²) in [4.78, 5) is 0. The smallest absolute Gasteiger partial charge is 0.552 e. The standard InChI is InChI=1S/C12H34GeN2Si4.2C6H18NSi2.C4H8O.2C4H7O.2Li/c1-16(2)9-10-17(3,4)14(16)13-15-18(5,6)11-12-19(15,7)8;2*1-8(2)5-6-9(3,4)7-8;3*1-2-4-5-3-1;;/h9-13H2,1-8H3;2*5-7H2,1-4H3;1-4H2;2*3H,1-2,4H2;;/q;2*+1;;2*-1;2*+1. The number of rotatable bonds is 2. The van der Waals surface area contributed by atoms with Gasteiger partial charge in [-0.05, 0) is 89.4 Å². The predicted molar refractivity (Wildman–Crippen MR) is 253 cm³/mol. The maximum Gasteiger partial charge on any atom is 1.00 e. The van der Waals surface area contributed by atoms with E-state index < -0.39 is 81.8 Å². The molecule has 0 atom stereocenters. The molecule has 4 N–H and O–H groups in total. The largest absolute Gasteiger partial charge is 1.00 e. The number of ether oxygens (including phenoxy) is 3. The fraction of sp³-hybridized carbons (Fsp3) is 0.944. The maximum atomic E-state index is 4.94. The fourth-order valence-corrected chi connectivity index (χ4v) is 85.8. The van der Waals surface area contributed by atoms with E-state index in [-0.39, 0.29) is 37.7 Å². The van der Waals surface area contributed by atoms with Crippen LogP contribution in [0.25, 0.3) is 0 Å². The minimum atomic E-state index is -1.02. The van der Waals surface area contributed by atoms with Gasteiger partial charge in [-0.25, -0.2) is 13.2 Å². The fourth-order valence-electron chi connectivity index (χ4n) is 9.35. The van der Waals surface area contributed by atoms with Crippen molar-refractivity contribution in [3.8, 4) is 0 Å². The van der Waals surface area contributed by atoms with Crippen molar-refractivity contribution in [2.24, 2.45) is 0 Å². The van der Waals surface area contributed by atoms with Gasteiger partial charge in [0.1, 0.15) is 0 Å². The Morgan fingerprint density at radius 1 is 0.407 bits per heavy atom. The zero-order valence-corrected chi connectivity index (χ0v) is 50.8. The van der Waals surface area contributed by atoms with Crippen molar-refractivity contribution in [1.29, 1.82) is 0 Å². The monoisotopic (exact) mass is 940 g/mol. The molecule has 0 aromatic rings. The number of quaternary nitrogens is 2. The van der Waals surface area contributed by atoms with Crippen molar-refractivity contribution in [3.63, 3.8) is 0 Å². The number of hydrogen-bond acceptors (Lipinski definition) is 5. The Bertz CT molecular complexity index is 883. The molecule has 0 spiro atoms. The van der Waals surface area contributed by atoms with Gasteiger partial charge in [-0.3, -0.25) is 0 Å². The van der Waals surface area contributed by atoms with Gasteiger partial charge in [0.2, 0.25) is 0 Å². The molecule has 0 aromatic heterocycles. The topological polar surface area (TPSA) is 67.4 Å². The molecule has 0 aliphatic carbocycles. The van der Waals surface area contributed by atoms with Crippen molar-refractivity contribution >= 4 is 81.8 Å². The van der Waals surface area contributed by atoms with Gasteiger partial charge in [0.05, 0.1) is 0 Å². The van der Waals surface area contributed by atoms with Crippen LogP contribution in [-0.4, -0.2) is 115 Å². The first kappa shape index (κ1) is 57.2. The molecule has 0 unspecified atom stereocenters. The van der Waals surface area contributed by atoms with Crippen molar-refractivity contribution in [1.82, 2.24) is 6.38 Å². The van der Waals surface area contributed by atoms with Crippen LogP contribution in [0.3, 0.4) is 0 Å². The third-order valence-corrected chi connectivity index (χ3v) is 77.9. The molecule has 0 saturated carbocycles. The van der Waals surface area contributed by atoms with E-state index >= 15 is 0 Å². The van der Waals surface area contributed by atoms with Crippen molar-refractivity contribution in [3.05, 3.63) is 13.2 Å². The normalized spacial score (nSPS) is 28.4. The van der Waals surface area contributed by atoms with Crippen LogP contribution in [0, 0.1) is 13.2 Å². The Kier molecular flexibility index (Phi) is 26.2. The Balaban J connectivity index is 0.000000677. The minimum Gasteiger partial charge on any atom is -0.552 e. The van der Waals surface area contributed by atoms with Crippen LogP contribution in [-0.2, 0) is 14.2 Å². The van der Waals surface area contributed by atoms with Crippen LogP contribution in [0.15, 0.2) is 0 Å². The van der Waals surface area contributed by atoms with E-state index in [0.717, 1.165) is 39.3 Å². The summed E-state index contributed by atoms with van der Waals surface area (Å²) in [6.45, 7) is 48.9. The maximum absolute atomic E-state index is 4.94. The van der Waals surface area contributed by atoms with Gasteiger partial charge in [0.15, 0.2) is 0 Å². The second-order valence-electron chi connectivity index (χ2n) is 22.2. The molecule has 310 valence electrons. The van der Waals surface area contributed by atoms with Crippen LogP contribution in [0.1, 0.15) is 38.5 Å². The molecule has 7 aliphatic rings. The SMILES string of the molecule is C1CCOC1.C[Si]1(C)CC[Si](C)(C)[NH2+]1.C[Si]1(C)CC[Si](C)(C)[NH2+]1.C[Si]1(C)CC[Si](C)(C)[N]1[GeH2][N]1[Si](C)(C)CC[Si]1(C)C.[CH-]1CCCO1.[CH-]1CCCO1.[Li+].[Li+]. The molecule has 7 rings (SSSR count). The van der Waals surface area contributed by atoms with Gasteiger partial charge in [-0.15, -0.1) is 0 Å². The molecule has 0 aromatic carbocycles. The molecule has 7 saturated heterocycles. The molecule has 7 heterocycles. The van der Waals surface area contributed by atoms with Gasteiger partial charge in [0, 0.05) is 26.4 Å². The molecule has 0 radical (unpaired) electrons. The first-order chi connectivity index (χ1) is 23.7. The van der Waals surface area contributed by atoms with E-state index in [2.05, 4.69) is 120 Å². The summed E-state index contributed by atoms with van der Waals surface area (Å²) in [5, 5.41) is 0. The predicted octanol–water partition coefficient (Wildman–Crippen LogP) is 2.11. The number of nitrogens with two attached hydrogens (primary N) is 2. The summed E-state index contributed by atoms with van der Waals surface area (Å²) in [6.07, 6.45) is 7.31. The van der Waals surface area contributed by atoms with Gasteiger partial charge >= 0.3 is 169 Å². The van der Waals surface area contributed by atoms with Crippen LogP contribution in [0.4, 0.5) is 0 Å². The van der Waals surface area contributed by atoms with E-state index in [1.165, 1.54) is 25.7 Å². The van der Waals surface area contributed by atoms with E-state index in [4.69, 9.17) is 14.2 Å². The van der Waals surface area contributed by atoms with E-state index in [1.54, 1.807) is 48.4 Å². The Morgan fingerprint density at radius 3 is 0.815 bits per heavy atom. The summed E-state index contributed by atoms with van der Waals surface area (Å²) in [7, 11) is -7.02. The van der Waals surface area contributed by atoms with Crippen LogP contribution in [0.5, 0.6) is 0 Å².